The van der Waals surface area contributed by atoms with Gasteiger partial charge in [0.25, 0.3) is 0 Å². The fourth-order valence-corrected chi connectivity index (χ4v) is 1.87. The van der Waals surface area contributed by atoms with Gasteiger partial charge in [-0.25, -0.2) is 0 Å². The summed E-state index contributed by atoms with van der Waals surface area (Å²) in [6, 6.07) is 1.91. The summed E-state index contributed by atoms with van der Waals surface area (Å²) in [4.78, 5) is 4.98. The quantitative estimate of drug-likeness (QED) is 0.832. The van der Waals surface area contributed by atoms with E-state index in [2.05, 4.69) is 27.5 Å². The van der Waals surface area contributed by atoms with Crippen LogP contribution < -0.4 is 0 Å². The van der Waals surface area contributed by atoms with Crippen molar-refractivity contribution in [3.8, 4) is 0 Å². The summed E-state index contributed by atoms with van der Waals surface area (Å²) in [6.45, 7) is 3.56. The third kappa shape index (κ3) is 2.33. The van der Waals surface area contributed by atoms with E-state index in [9.17, 15) is 0 Å². The van der Waals surface area contributed by atoms with Crippen LogP contribution in [0.3, 0.4) is 0 Å². The molecule has 0 fully saturated rings. The Bertz CT molecular complexity index is 290. The van der Waals surface area contributed by atoms with E-state index in [1.165, 1.54) is 11.8 Å². The molecule has 1 aromatic heterocycles. The van der Waals surface area contributed by atoms with E-state index in [0.29, 0.717) is 5.69 Å². The number of hydrogen-bond donors (Lipinski definition) is 1. The van der Waals surface area contributed by atoms with Crippen molar-refractivity contribution >= 4 is 27.7 Å². The summed E-state index contributed by atoms with van der Waals surface area (Å²) >= 11 is 4.76. The van der Waals surface area contributed by atoms with Gasteiger partial charge in [0.1, 0.15) is 0 Å². The first-order chi connectivity index (χ1) is 5.77. The molecule has 0 aliphatic heterocycles. The van der Waals surface area contributed by atoms with E-state index in [-0.39, 0.29) is 6.61 Å². The molecule has 0 unspecified atom stereocenters. The van der Waals surface area contributed by atoms with Gasteiger partial charge in [0.15, 0.2) is 0 Å². The Morgan fingerprint density at radius 1 is 1.75 bits per heavy atom. The van der Waals surface area contributed by atoms with Crippen molar-refractivity contribution < 1.29 is 5.11 Å². The first kappa shape index (κ1) is 9.77. The summed E-state index contributed by atoms with van der Waals surface area (Å²) in [5.41, 5.74) is 0.683. The molecular formula is C8H8BrNOS. The van der Waals surface area contributed by atoms with E-state index >= 15 is 0 Å². The Hall–Kier alpha value is -0.320. The van der Waals surface area contributed by atoms with Crippen LogP contribution in [0.5, 0.6) is 0 Å². The number of halogens is 1. The lowest BCUT2D eigenvalue weighted by atomic mass is 10.4. The Kier molecular flexibility index (Phi) is 3.78. The molecule has 0 bridgehead atoms. The van der Waals surface area contributed by atoms with Gasteiger partial charge in [0, 0.05) is 15.6 Å². The van der Waals surface area contributed by atoms with Gasteiger partial charge in [-0.2, -0.15) is 0 Å². The zero-order valence-corrected chi connectivity index (χ0v) is 8.73. The average molecular weight is 246 g/mol. The summed E-state index contributed by atoms with van der Waals surface area (Å²) < 4.78 is 0.907. The normalized spacial score (nSPS) is 9.83. The molecule has 0 spiro atoms. The maximum atomic E-state index is 8.91. The van der Waals surface area contributed by atoms with E-state index in [1.807, 2.05) is 6.07 Å². The van der Waals surface area contributed by atoms with E-state index < -0.39 is 0 Å². The standard InChI is InChI=1S/C8H8BrNOS/c1-2-12-8-3-6(9)4-10-7(8)5-11/h2-4,11H,1,5H2. The molecule has 1 aromatic rings. The highest BCUT2D eigenvalue weighted by Gasteiger charge is 2.02. The second-order valence-corrected chi connectivity index (χ2v) is 3.97. The molecule has 4 heteroatoms. The summed E-state index contributed by atoms with van der Waals surface area (Å²) in [5, 5.41) is 10.6. The Labute approximate surface area is 83.8 Å². The molecule has 0 atom stereocenters. The maximum absolute atomic E-state index is 8.91. The first-order valence-electron chi connectivity index (χ1n) is 3.30. The Balaban J connectivity index is 3.03. The second-order valence-electron chi connectivity index (χ2n) is 2.04. The molecule has 1 heterocycles. The van der Waals surface area contributed by atoms with Gasteiger partial charge in [0.2, 0.25) is 0 Å². The lowest BCUT2D eigenvalue weighted by Crippen LogP contribution is -1.91. The van der Waals surface area contributed by atoms with Crippen molar-refractivity contribution in [3.63, 3.8) is 0 Å². The summed E-state index contributed by atoms with van der Waals surface area (Å²) in [7, 11) is 0. The van der Waals surface area contributed by atoms with Crippen molar-refractivity contribution in [2.45, 2.75) is 11.5 Å². The Morgan fingerprint density at radius 2 is 2.50 bits per heavy atom. The van der Waals surface area contributed by atoms with Crippen LogP contribution in [0, 0.1) is 0 Å². The van der Waals surface area contributed by atoms with Crippen LogP contribution in [-0.2, 0) is 6.61 Å². The molecule has 0 aliphatic rings. The SMILES string of the molecule is C=CSc1cc(Br)cnc1CO. The fraction of sp³-hybridized carbons (Fsp3) is 0.125. The summed E-state index contributed by atoms with van der Waals surface area (Å²) in [5.74, 6) is 0. The van der Waals surface area contributed by atoms with Gasteiger partial charge < -0.3 is 5.11 Å². The van der Waals surface area contributed by atoms with Crippen LogP contribution in [0.2, 0.25) is 0 Å². The highest BCUT2D eigenvalue weighted by Crippen LogP contribution is 2.24. The number of thioether (sulfide) groups is 1. The molecule has 1 rings (SSSR count). The highest BCUT2D eigenvalue weighted by molar-refractivity contribution is 9.10. The van der Waals surface area contributed by atoms with Gasteiger partial charge in [0.05, 0.1) is 12.3 Å². The number of aliphatic hydroxyl groups is 1. The van der Waals surface area contributed by atoms with Crippen molar-refractivity contribution in [2.75, 3.05) is 0 Å². The van der Waals surface area contributed by atoms with Crippen LogP contribution in [0.1, 0.15) is 5.69 Å². The van der Waals surface area contributed by atoms with Crippen molar-refractivity contribution in [2.24, 2.45) is 0 Å². The van der Waals surface area contributed by atoms with Crippen molar-refractivity contribution in [3.05, 3.63) is 34.4 Å². The van der Waals surface area contributed by atoms with Gasteiger partial charge in [-0.05, 0) is 27.4 Å². The lowest BCUT2D eigenvalue weighted by molar-refractivity contribution is 0.273. The highest BCUT2D eigenvalue weighted by atomic mass is 79.9. The van der Waals surface area contributed by atoms with Crippen molar-refractivity contribution in [1.29, 1.82) is 0 Å². The number of nitrogens with zero attached hydrogens (tertiary/aromatic N) is 1. The van der Waals surface area contributed by atoms with Crippen LogP contribution in [0.15, 0.2) is 33.6 Å². The molecule has 0 saturated carbocycles. The molecule has 2 nitrogen and oxygen atoms in total. The summed E-state index contributed by atoms with van der Waals surface area (Å²) in [6.07, 6.45) is 1.67. The number of hydrogen-bond acceptors (Lipinski definition) is 3. The van der Waals surface area contributed by atoms with E-state index in [4.69, 9.17) is 5.11 Å². The number of pyridine rings is 1. The minimum atomic E-state index is -0.0382. The van der Waals surface area contributed by atoms with Crippen LogP contribution in [0.25, 0.3) is 0 Å². The molecule has 0 radical (unpaired) electrons. The molecule has 64 valence electrons. The largest absolute Gasteiger partial charge is 0.390 e. The molecular weight excluding hydrogens is 238 g/mol. The third-order valence-electron chi connectivity index (χ3n) is 1.26. The molecule has 0 aliphatic carbocycles. The fourth-order valence-electron chi connectivity index (χ4n) is 0.760. The zero-order valence-electron chi connectivity index (χ0n) is 6.33. The second kappa shape index (κ2) is 4.64. The number of rotatable bonds is 3. The monoisotopic (exact) mass is 245 g/mol. The van der Waals surface area contributed by atoms with Gasteiger partial charge in [-0.3, -0.25) is 4.98 Å². The Morgan fingerprint density at radius 3 is 3.08 bits per heavy atom. The lowest BCUT2D eigenvalue weighted by Gasteiger charge is -2.02. The molecule has 0 amide bonds. The smallest absolute Gasteiger partial charge is 0.0864 e. The average Bonchev–Trinajstić information content (AvgIpc) is 2.05. The van der Waals surface area contributed by atoms with Crippen LogP contribution in [-0.4, -0.2) is 10.1 Å². The topological polar surface area (TPSA) is 33.1 Å². The minimum absolute atomic E-state index is 0.0382. The minimum Gasteiger partial charge on any atom is -0.390 e. The number of aromatic nitrogens is 1. The predicted molar refractivity (Wildman–Crippen MR) is 53.9 cm³/mol. The van der Waals surface area contributed by atoms with Crippen molar-refractivity contribution in [1.82, 2.24) is 4.98 Å². The number of aliphatic hydroxyl groups excluding tert-OH is 1. The van der Waals surface area contributed by atoms with Crippen LogP contribution >= 0.6 is 27.7 Å². The zero-order chi connectivity index (χ0) is 8.97. The van der Waals surface area contributed by atoms with Gasteiger partial charge >= 0.3 is 0 Å². The van der Waals surface area contributed by atoms with Gasteiger partial charge in [-0.15, -0.1) is 0 Å². The van der Waals surface area contributed by atoms with Gasteiger partial charge in [-0.1, -0.05) is 18.3 Å². The molecule has 0 aromatic carbocycles. The molecule has 12 heavy (non-hydrogen) atoms. The van der Waals surface area contributed by atoms with Crippen LogP contribution in [0.4, 0.5) is 0 Å². The first-order valence-corrected chi connectivity index (χ1v) is 4.98. The molecule has 1 N–H and O–H groups in total. The van der Waals surface area contributed by atoms with E-state index in [1.54, 1.807) is 11.6 Å². The third-order valence-corrected chi connectivity index (χ3v) is 2.46. The maximum Gasteiger partial charge on any atom is 0.0864 e. The predicted octanol–water partition coefficient (Wildman–Crippen LogP) is 2.57. The van der Waals surface area contributed by atoms with E-state index in [0.717, 1.165) is 9.37 Å². The molecule has 0 saturated heterocycles.